The second kappa shape index (κ2) is 12.2. The number of methoxy groups -OCH3 is 4. The van der Waals surface area contributed by atoms with Gasteiger partial charge in [-0.15, -0.1) is 0 Å². The van der Waals surface area contributed by atoms with Crippen molar-refractivity contribution in [3.63, 3.8) is 0 Å². The SMILES string of the molecule is CCC[NH2+]c1cc(OC)c(OC)cc1/C=C(\C)c1cc(OC)c(OC)c(-c2ccc(C(C)(C)C)cc2)c1. The van der Waals surface area contributed by atoms with Crippen molar-refractivity contribution < 1.29 is 24.3 Å². The fourth-order valence-corrected chi connectivity index (χ4v) is 4.38. The van der Waals surface area contributed by atoms with E-state index in [-0.39, 0.29) is 5.41 Å². The van der Waals surface area contributed by atoms with Crippen molar-refractivity contribution in [3.8, 4) is 34.1 Å². The van der Waals surface area contributed by atoms with E-state index in [2.05, 4.69) is 76.3 Å². The molecular weight excluding hydrogens is 462 g/mol. The highest BCUT2D eigenvalue weighted by Crippen LogP contribution is 2.42. The van der Waals surface area contributed by atoms with Gasteiger partial charge in [-0.05, 0) is 65.3 Å². The molecule has 0 bridgehead atoms. The van der Waals surface area contributed by atoms with E-state index in [0.717, 1.165) is 58.0 Å². The van der Waals surface area contributed by atoms with Crippen LogP contribution in [0.2, 0.25) is 0 Å². The predicted molar refractivity (Wildman–Crippen MR) is 154 cm³/mol. The molecule has 5 heteroatoms. The number of ether oxygens (including phenoxy) is 4. The normalized spacial score (nSPS) is 11.9. The quantitative estimate of drug-likeness (QED) is 0.242. The van der Waals surface area contributed by atoms with E-state index in [1.807, 2.05) is 18.2 Å². The lowest BCUT2D eigenvalue weighted by atomic mass is 9.86. The number of nitrogens with two attached hydrogens (primary N) is 1. The summed E-state index contributed by atoms with van der Waals surface area (Å²) in [5.41, 5.74) is 7.82. The van der Waals surface area contributed by atoms with Gasteiger partial charge in [0, 0.05) is 17.2 Å². The van der Waals surface area contributed by atoms with Crippen molar-refractivity contribution in [2.75, 3.05) is 35.0 Å². The van der Waals surface area contributed by atoms with Gasteiger partial charge in [0.05, 0.1) is 35.0 Å². The van der Waals surface area contributed by atoms with Gasteiger partial charge in [-0.1, -0.05) is 52.0 Å². The lowest BCUT2D eigenvalue weighted by molar-refractivity contribution is -0.571. The number of quaternary nitrogens is 1. The molecule has 198 valence electrons. The first kappa shape index (κ1) is 28.1. The van der Waals surface area contributed by atoms with Gasteiger partial charge in [0.2, 0.25) is 0 Å². The molecule has 0 aliphatic rings. The summed E-state index contributed by atoms with van der Waals surface area (Å²) in [6, 6.07) is 17.0. The van der Waals surface area contributed by atoms with Crippen LogP contribution in [0.3, 0.4) is 0 Å². The first-order chi connectivity index (χ1) is 17.7. The van der Waals surface area contributed by atoms with E-state index >= 15 is 0 Å². The number of hydrogen-bond donors (Lipinski definition) is 1. The summed E-state index contributed by atoms with van der Waals surface area (Å²) in [6.45, 7) is 12.0. The Hall–Kier alpha value is -3.44. The Kier molecular flexibility index (Phi) is 9.28. The smallest absolute Gasteiger partial charge is 0.168 e. The maximum absolute atomic E-state index is 5.81. The summed E-state index contributed by atoms with van der Waals surface area (Å²) in [5.74, 6) is 2.87. The third-order valence-corrected chi connectivity index (χ3v) is 6.61. The molecule has 0 spiro atoms. The molecule has 37 heavy (non-hydrogen) atoms. The molecule has 3 rings (SSSR count). The number of rotatable bonds is 10. The van der Waals surface area contributed by atoms with Crippen LogP contribution < -0.4 is 24.3 Å². The van der Waals surface area contributed by atoms with Crippen LogP contribution in [0.4, 0.5) is 5.69 Å². The van der Waals surface area contributed by atoms with Crippen molar-refractivity contribution in [1.82, 2.24) is 0 Å². The van der Waals surface area contributed by atoms with E-state index in [1.54, 1.807) is 28.4 Å². The average molecular weight is 505 g/mol. The highest BCUT2D eigenvalue weighted by atomic mass is 16.5. The molecule has 0 atom stereocenters. The van der Waals surface area contributed by atoms with Crippen molar-refractivity contribution >= 4 is 17.3 Å². The molecule has 0 heterocycles. The number of allylic oxidation sites excluding steroid dienone is 1. The topological polar surface area (TPSA) is 53.5 Å². The minimum absolute atomic E-state index is 0.0907. The van der Waals surface area contributed by atoms with Gasteiger partial charge >= 0.3 is 0 Å². The fraction of sp³-hybridized carbons (Fsp3) is 0.375. The summed E-state index contributed by atoms with van der Waals surface area (Å²) in [4.78, 5) is 0. The van der Waals surface area contributed by atoms with E-state index < -0.39 is 0 Å². The first-order valence-electron chi connectivity index (χ1n) is 12.8. The molecule has 0 fully saturated rings. The minimum atomic E-state index is 0.0907. The lowest BCUT2D eigenvalue weighted by Crippen LogP contribution is -2.78. The van der Waals surface area contributed by atoms with Crippen LogP contribution in [0.15, 0.2) is 48.5 Å². The number of benzene rings is 3. The molecule has 0 radical (unpaired) electrons. The van der Waals surface area contributed by atoms with Crippen LogP contribution in [0, 0.1) is 0 Å². The lowest BCUT2D eigenvalue weighted by Gasteiger charge is -2.20. The molecule has 0 saturated carbocycles. The second-order valence-corrected chi connectivity index (χ2v) is 10.2. The zero-order valence-electron chi connectivity index (χ0n) is 23.8. The highest BCUT2D eigenvalue weighted by Gasteiger charge is 2.18. The van der Waals surface area contributed by atoms with Crippen LogP contribution in [0.5, 0.6) is 23.0 Å². The maximum Gasteiger partial charge on any atom is 0.168 e. The van der Waals surface area contributed by atoms with Crippen molar-refractivity contribution in [1.29, 1.82) is 0 Å². The second-order valence-electron chi connectivity index (χ2n) is 10.2. The Bertz CT molecular complexity index is 1240. The Morgan fingerprint density at radius 2 is 1.43 bits per heavy atom. The molecule has 0 aliphatic heterocycles. The minimum Gasteiger partial charge on any atom is -0.493 e. The van der Waals surface area contributed by atoms with Crippen molar-refractivity contribution in [3.05, 3.63) is 65.2 Å². The number of hydrogen-bond acceptors (Lipinski definition) is 4. The van der Waals surface area contributed by atoms with Crippen molar-refractivity contribution in [2.24, 2.45) is 0 Å². The Labute approximate surface area is 222 Å². The van der Waals surface area contributed by atoms with Crippen LogP contribution in [-0.4, -0.2) is 35.0 Å². The van der Waals surface area contributed by atoms with Gasteiger partial charge in [0.25, 0.3) is 0 Å². The van der Waals surface area contributed by atoms with Crippen LogP contribution in [-0.2, 0) is 5.41 Å². The predicted octanol–water partition coefficient (Wildman–Crippen LogP) is 6.85. The van der Waals surface area contributed by atoms with Gasteiger partial charge in [-0.25, -0.2) is 0 Å². The Morgan fingerprint density at radius 3 is 1.97 bits per heavy atom. The van der Waals surface area contributed by atoms with Crippen molar-refractivity contribution in [2.45, 2.75) is 46.5 Å². The van der Waals surface area contributed by atoms with Gasteiger partial charge in [0.1, 0.15) is 5.69 Å². The third-order valence-electron chi connectivity index (χ3n) is 6.61. The molecule has 3 aromatic carbocycles. The monoisotopic (exact) mass is 504 g/mol. The molecule has 3 aromatic rings. The molecule has 2 N–H and O–H groups in total. The summed E-state index contributed by atoms with van der Waals surface area (Å²) in [5, 5.41) is 2.25. The van der Waals surface area contributed by atoms with Gasteiger partial charge in [-0.2, -0.15) is 0 Å². The zero-order valence-corrected chi connectivity index (χ0v) is 23.8. The van der Waals surface area contributed by atoms with E-state index in [0.29, 0.717) is 11.5 Å². The van der Waals surface area contributed by atoms with Crippen LogP contribution in [0.1, 0.15) is 57.7 Å². The third kappa shape index (κ3) is 6.47. The fourth-order valence-electron chi connectivity index (χ4n) is 4.38. The van der Waals surface area contributed by atoms with Gasteiger partial charge < -0.3 is 24.3 Å². The molecular formula is C32H42NO4+. The Balaban J connectivity index is 2.15. The molecule has 5 nitrogen and oxygen atoms in total. The van der Waals surface area contributed by atoms with E-state index in [1.165, 1.54) is 5.56 Å². The van der Waals surface area contributed by atoms with E-state index in [9.17, 15) is 0 Å². The Morgan fingerprint density at radius 1 is 0.811 bits per heavy atom. The van der Waals surface area contributed by atoms with E-state index in [4.69, 9.17) is 18.9 Å². The molecule has 0 aliphatic carbocycles. The molecule has 0 saturated heterocycles. The summed E-state index contributed by atoms with van der Waals surface area (Å²) < 4.78 is 22.7. The van der Waals surface area contributed by atoms with Gasteiger partial charge in [0.15, 0.2) is 23.0 Å². The highest BCUT2D eigenvalue weighted by molar-refractivity contribution is 5.87. The molecule has 0 aromatic heterocycles. The summed E-state index contributed by atoms with van der Waals surface area (Å²) in [7, 11) is 6.70. The molecule has 0 amide bonds. The van der Waals surface area contributed by atoms with Crippen LogP contribution >= 0.6 is 0 Å². The summed E-state index contributed by atoms with van der Waals surface area (Å²) >= 11 is 0. The maximum atomic E-state index is 5.81. The zero-order chi connectivity index (χ0) is 27.2. The van der Waals surface area contributed by atoms with Crippen LogP contribution in [0.25, 0.3) is 22.8 Å². The van der Waals surface area contributed by atoms with Gasteiger partial charge in [-0.3, -0.25) is 0 Å². The largest absolute Gasteiger partial charge is 0.493 e. The standard InChI is InChI=1S/C32H41NO4/c1-10-15-33-27-20-29(35-7)28(34-6)19-24(27)16-21(2)23-17-26(31(37-9)30(18-23)36-8)22-11-13-25(14-12-22)32(3,4)5/h11-14,16-20,33H,10,15H2,1-9H3/p+1/b21-16+. The molecule has 0 unspecified atom stereocenters. The summed E-state index contributed by atoms with van der Waals surface area (Å²) in [6.07, 6.45) is 3.26. The average Bonchev–Trinajstić information content (AvgIpc) is 2.90. The first-order valence-corrected chi connectivity index (χ1v) is 12.8.